The predicted molar refractivity (Wildman–Crippen MR) is 68.6 cm³/mol. The molecule has 0 aliphatic carbocycles. The molecule has 1 aromatic carbocycles. The van der Waals surface area contributed by atoms with Gasteiger partial charge in [-0.15, -0.1) is 0 Å². The van der Waals surface area contributed by atoms with Crippen LogP contribution in [0, 0.1) is 17.5 Å². The number of hydrogen-bond acceptors (Lipinski definition) is 4. The third-order valence-corrected chi connectivity index (χ3v) is 3.92. The number of sulfonamides is 1. The van der Waals surface area contributed by atoms with Gasteiger partial charge in [-0.25, -0.2) is 26.3 Å². The first-order valence-corrected chi connectivity index (χ1v) is 7.22. The molecule has 0 aliphatic rings. The van der Waals surface area contributed by atoms with E-state index < -0.39 is 27.5 Å². The summed E-state index contributed by atoms with van der Waals surface area (Å²) in [5.41, 5.74) is -0.261. The summed E-state index contributed by atoms with van der Waals surface area (Å²) in [6.45, 7) is -0.0960. The van der Waals surface area contributed by atoms with Crippen molar-refractivity contribution in [3.63, 3.8) is 0 Å². The predicted octanol–water partition coefficient (Wildman–Crippen LogP) is 2.22. The highest BCUT2D eigenvalue weighted by Crippen LogP contribution is 2.20. The minimum atomic E-state index is -3.71. The fourth-order valence-corrected chi connectivity index (χ4v) is 2.20. The van der Waals surface area contributed by atoms with Crippen LogP contribution in [0.15, 0.2) is 33.8 Å². The van der Waals surface area contributed by atoms with Crippen LogP contribution in [-0.2, 0) is 16.6 Å². The second-order valence-electron chi connectivity index (χ2n) is 4.03. The van der Waals surface area contributed by atoms with Crippen molar-refractivity contribution in [3.8, 4) is 0 Å². The van der Waals surface area contributed by atoms with Gasteiger partial charge < -0.3 is 9.73 Å². The molecule has 0 bridgehead atoms. The van der Waals surface area contributed by atoms with E-state index in [4.69, 9.17) is 4.42 Å². The molecule has 0 unspecified atom stereocenters. The van der Waals surface area contributed by atoms with Crippen LogP contribution in [0.25, 0.3) is 0 Å². The summed E-state index contributed by atoms with van der Waals surface area (Å²) < 4.78 is 69.2. The second kappa shape index (κ2) is 5.78. The van der Waals surface area contributed by atoms with Gasteiger partial charge in [0.05, 0.1) is 12.2 Å². The Balaban J connectivity index is 2.13. The van der Waals surface area contributed by atoms with E-state index in [1.165, 1.54) is 19.2 Å². The van der Waals surface area contributed by atoms with Gasteiger partial charge in [0, 0.05) is 12.1 Å². The van der Waals surface area contributed by atoms with E-state index in [1.807, 2.05) is 0 Å². The van der Waals surface area contributed by atoms with Crippen LogP contribution >= 0.6 is 0 Å². The molecule has 0 saturated carbocycles. The van der Waals surface area contributed by atoms with E-state index in [-0.39, 0.29) is 23.1 Å². The molecule has 1 heterocycles. The third kappa shape index (κ3) is 3.37. The molecular formula is C12H11F3N2O3S. The molecule has 0 radical (unpaired) electrons. The number of benzene rings is 1. The standard InChI is InChI=1S/C12H11F3N2O3S/c1-16-21(18,19)12-3-2-7(20-12)6-17-11-5-9(14)8(13)4-10(11)15/h2-5,16-17H,6H2,1H3. The number of halogens is 3. The molecular weight excluding hydrogens is 309 g/mol. The molecule has 21 heavy (non-hydrogen) atoms. The van der Waals surface area contributed by atoms with Crippen LogP contribution in [0.4, 0.5) is 18.9 Å². The molecule has 0 spiro atoms. The zero-order valence-electron chi connectivity index (χ0n) is 10.8. The lowest BCUT2D eigenvalue weighted by atomic mass is 10.2. The fraction of sp³-hybridized carbons (Fsp3) is 0.167. The van der Waals surface area contributed by atoms with E-state index in [9.17, 15) is 21.6 Å². The third-order valence-electron chi connectivity index (χ3n) is 2.63. The molecule has 2 aromatic rings. The van der Waals surface area contributed by atoms with E-state index in [0.29, 0.717) is 12.1 Å². The van der Waals surface area contributed by atoms with Crippen molar-refractivity contribution in [2.24, 2.45) is 0 Å². The maximum atomic E-state index is 13.4. The highest BCUT2D eigenvalue weighted by molar-refractivity contribution is 7.89. The molecule has 1 aromatic heterocycles. The van der Waals surface area contributed by atoms with Crippen LogP contribution in [0.2, 0.25) is 0 Å². The first kappa shape index (κ1) is 15.4. The Morgan fingerprint density at radius 1 is 1.10 bits per heavy atom. The van der Waals surface area contributed by atoms with Gasteiger partial charge in [-0.3, -0.25) is 0 Å². The maximum Gasteiger partial charge on any atom is 0.273 e. The van der Waals surface area contributed by atoms with Crippen LogP contribution in [0.1, 0.15) is 5.76 Å². The number of rotatable bonds is 5. The number of furan rings is 1. The minimum absolute atomic E-state index is 0.0960. The molecule has 0 saturated heterocycles. The molecule has 2 rings (SSSR count). The molecule has 2 N–H and O–H groups in total. The van der Waals surface area contributed by atoms with Crippen LogP contribution in [0.3, 0.4) is 0 Å². The number of hydrogen-bond donors (Lipinski definition) is 2. The first-order valence-electron chi connectivity index (χ1n) is 5.74. The summed E-state index contributed by atoms with van der Waals surface area (Å²) >= 11 is 0. The van der Waals surface area contributed by atoms with Crippen LogP contribution < -0.4 is 10.0 Å². The summed E-state index contributed by atoms with van der Waals surface area (Å²) in [5, 5.41) is 2.19. The van der Waals surface area contributed by atoms with E-state index >= 15 is 0 Å². The van der Waals surface area contributed by atoms with Crippen molar-refractivity contribution in [1.29, 1.82) is 0 Å². The lowest BCUT2D eigenvalue weighted by Gasteiger charge is -2.06. The average molecular weight is 320 g/mol. The van der Waals surface area contributed by atoms with Gasteiger partial charge >= 0.3 is 0 Å². The highest BCUT2D eigenvalue weighted by atomic mass is 32.2. The Hall–Kier alpha value is -2.00. The second-order valence-corrected chi connectivity index (χ2v) is 5.85. The van der Waals surface area contributed by atoms with Gasteiger partial charge in [0.15, 0.2) is 11.6 Å². The van der Waals surface area contributed by atoms with E-state index in [2.05, 4.69) is 10.0 Å². The molecule has 9 heteroatoms. The SMILES string of the molecule is CNS(=O)(=O)c1ccc(CNc2cc(F)c(F)cc2F)o1. The quantitative estimate of drug-likeness (QED) is 0.829. The zero-order valence-corrected chi connectivity index (χ0v) is 11.6. The first-order chi connectivity index (χ1) is 9.83. The van der Waals surface area contributed by atoms with Crippen molar-refractivity contribution in [2.45, 2.75) is 11.6 Å². The average Bonchev–Trinajstić information content (AvgIpc) is 2.91. The van der Waals surface area contributed by atoms with Crippen LogP contribution in [-0.4, -0.2) is 15.5 Å². The Labute approximate surface area is 118 Å². The van der Waals surface area contributed by atoms with Crippen molar-refractivity contribution in [3.05, 3.63) is 47.5 Å². The van der Waals surface area contributed by atoms with Gasteiger partial charge in [-0.05, 0) is 19.2 Å². The molecule has 0 aliphatic heterocycles. The van der Waals surface area contributed by atoms with Gasteiger partial charge in [-0.2, -0.15) is 0 Å². The molecule has 0 fully saturated rings. The highest BCUT2D eigenvalue weighted by Gasteiger charge is 2.16. The largest absolute Gasteiger partial charge is 0.446 e. The smallest absolute Gasteiger partial charge is 0.273 e. The molecule has 114 valence electrons. The Morgan fingerprint density at radius 2 is 1.76 bits per heavy atom. The lowest BCUT2D eigenvalue weighted by Crippen LogP contribution is -2.17. The molecule has 5 nitrogen and oxygen atoms in total. The molecule has 0 atom stereocenters. The van der Waals surface area contributed by atoms with Gasteiger partial charge in [-0.1, -0.05) is 0 Å². The van der Waals surface area contributed by atoms with Crippen molar-refractivity contribution in [2.75, 3.05) is 12.4 Å². The topological polar surface area (TPSA) is 71.3 Å². The normalized spacial score (nSPS) is 11.6. The van der Waals surface area contributed by atoms with Crippen molar-refractivity contribution < 1.29 is 26.0 Å². The zero-order chi connectivity index (χ0) is 15.6. The Morgan fingerprint density at radius 3 is 2.43 bits per heavy atom. The van der Waals surface area contributed by atoms with Gasteiger partial charge in [0.2, 0.25) is 5.09 Å². The van der Waals surface area contributed by atoms with Crippen LogP contribution in [0.5, 0.6) is 0 Å². The fourth-order valence-electron chi connectivity index (χ4n) is 1.54. The van der Waals surface area contributed by atoms with Gasteiger partial charge in [0.1, 0.15) is 11.6 Å². The molecule has 0 amide bonds. The summed E-state index contributed by atoms with van der Waals surface area (Å²) in [4.78, 5) is 0. The number of anilines is 1. The Kier molecular flexibility index (Phi) is 4.24. The summed E-state index contributed by atoms with van der Waals surface area (Å²) in [5.74, 6) is -3.27. The van der Waals surface area contributed by atoms with E-state index in [0.717, 1.165) is 0 Å². The monoisotopic (exact) mass is 320 g/mol. The van der Waals surface area contributed by atoms with Gasteiger partial charge in [0.25, 0.3) is 10.0 Å². The van der Waals surface area contributed by atoms with E-state index in [1.54, 1.807) is 0 Å². The lowest BCUT2D eigenvalue weighted by molar-refractivity contribution is 0.417. The summed E-state index contributed by atoms with van der Waals surface area (Å²) in [7, 11) is -2.48. The van der Waals surface area contributed by atoms with Crippen molar-refractivity contribution in [1.82, 2.24) is 4.72 Å². The van der Waals surface area contributed by atoms with Crippen molar-refractivity contribution >= 4 is 15.7 Å². The Bertz CT molecular complexity index is 759. The minimum Gasteiger partial charge on any atom is -0.446 e. The summed E-state index contributed by atoms with van der Waals surface area (Å²) in [6.07, 6.45) is 0. The summed E-state index contributed by atoms with van der Waals surface area (Å²) in [6, 6.07) is 3.68. The maximum absolute atomic E-state index is 13.4. The number of nitrogens with one attached hydrogen (secondary N) is 2.